The number of ether oxygens (including phenoxy) is 1. The van der Waals surface area contributed by atoms with Crippen molar-refractivity contribution in [1.29, 1.82) is 0 Å². The molecule has 0 saturated carbocycles. The van der Waals surface area contributed by atoms with Crippen molar-refractivity contribution in [3.05, 3.63) is 35.4 Å². The van der Waals surface area contributed by atoms with E-state index in [1.807, 2.05) is 0 Å². The molecule has 0 aliphatic heterocycles. The second-order valence-corrected chi connectivity index (χ2v) is 6.38. The van der Waals surface area contributed by atoms with Crippen LogP contribution in [0.25, 0.3) is 0 Å². The van der Waals surface area contributed by atoms with E-state index in [0.29, 0.717) is 0 Å². The van der Waals surface area contributed by atoms with Crippen molar-refractivity contribution < 1.29 is 4.74 Å². The first-order valence-corrected chi connectivity index (χ1v) is 7.87. The van der Waals surface area contributed by atoms with Gasteiger partial charge in [-0.1, -0.05) is 58.9 Å². The molecule has 1 aromatic rings. The van der Waals surface area contributed by atoms with Crippen LogP contribution in [0.1, 0.15) is 58.7 Å². The molecule has 114 valence electrons. The van der Waals surface area contributed by atoms with Gasteiger partial charge in [-0.05, 0) is 36.4 Å². The summed E-state index contributed by atoms with van der Waals surface area (Å²) < 4.78 is 6.09. The van der Waals surface area contributed by atoms with Crippen LogP contribution in [0.3, 0.4) is 0 Å². The zero-order valence-corrected chi connectivity index (χ0v) is 14.0. The summed E-state index contributed by atoms with van der Waals surface area (Å²) in [5.41, 5.74) is 2.82. The minimum atomic E-state index is 0.102. The average Bonchev–Trinajstić information content (AvgIpc) is 2.41. The monoisotopic (exact) mass is 277 g/mol. The Hall–Kier alpha value is -0.860. The molecule has 0 fully saturated rings. The molecule has 20 heavy (non-hydrogen) atoms. The molecule has 2 atom stereocenters. The van der Waals surface area contributed by atoms with Gasteiger partial charge in [0.2, 0.25) is 0 Å². The molecule has 2 unspecified atom stereocenters. The summed E-state index contributed by atoms with van der Waals surface area (Å²) in [5, 5.41) is 3.62. The average molecular weight is 277 g/mol. The molecule has 1 N–H and O–H groups in total. The Morgan fingerprint density at radius 3 is 2.35 bits per heavy atom. The summed E-state index contributed by atoms with van der Waals surface area (Å²) in [7, 11) is 0. The number of likely N-dealkylation sites (N-methyl/N-ethyl adjacent to an activating group) is 1. The molecule has 0 aromatic heterocycles. The molecule has 0 aliphatic rings. The Kier molecular flexibility index (Phi) is 6.70. The molecule has 0 saturated heterocycles. The highest BCUT2D eigenvalue weighted by molar-refractivity contribution is 5.27. The quantitative estimate of drug-likeness (QED) is 0.800. The lowest BCUT2D eigenvalue weighted by Gasteiger charge is -2.37. The van der Waals surface area contributed by atoms with E-state index in [0.717, 1.165) is 19.6 Å². The van der Waals surface area contributed by atoms with E-state index >= 15 is 0 Å². The summed E-state index contributed by atoms with van der Waals surface area (Å²) in [6, 6.07) is 9.12. The molecule has 0 heterocycles. The minimum Gasteiger partial charge on any atom is -0.376 e. The van der Waals surface area contributed by atoms with E-state index < -0.39 is 0 Å². The van der Waals surface area contributed by atoms with Crippen LogP contribution < -0.4 is 5.32 Å². The smallest absolute Gasteiger partial charge is 0.0817 e. The lowest BCUT2D eigenvalue weighted by Crippen LogP contribution is -2.42. The van der Waals surface area contributed by atoms with Gasteiger partial charge in [0.1, 0.15) is 0 Å². The SMILES string of the molecule is CCNC(c1cccc(CC)c1)C(OCC)C(C)(C)C. The second kappa shape index (κ2) is 7.80. The second-order valence-electron chi connectivity index (χ2n) is 6.38. The normalized spacial score (nSPS) is 15.1. The van der Waals surface area contributed by atoms with Gasteiger partial charge in [-0.25, -0.2) is 0 Å². The third-order valence-corrected chi connectivity index (χ3v) is 3.64. The molecule has 0 amide bonds. The number of aryl methyl sites for hydroxylation is 1. The third kappa shape index (κ3) is 4.60. The summed E-state index contributed by atoms with van der Waals surface area (Å²) >= 11 is 0. The van der Waals surface area contributed by atoms with Crippen molar-refractivity contribution >= 4 is 0 Å². The van der Waals surface area contributed by atoms with Gasteiger partial charge < -0.3 is 10.1 Å². The van der Waals surface area contributed by atoms with Gasteiger partial charge in [0.05, 0.1) is 12.1 Å². The molecular formula is C18H31NO. The van der Waals surface area contributed by atoms with Gasteiger partial charge in [-0.15, -0.1) is 0 Å². The molecule has 2 heteroatoms. The van der Waals surface area contributed by atoms with Gasteiger partial charge in [0.15, 0.2) is 0 Å². The van der Waals surface area contributed by atoms with Crippen LogP contribution in [0.4, 0.5) is 0 Å². The fourth-order valence-electron chi connectivity index (χ4n) is 2.65. The van der Waals surface area contributed by atoms with Crippen molar-refractivity contribution in [1.82, 2.24) is 5.32 Å². The molecule has 1 aromatic carbocycles. The van der Waals surface area contributed by atoms with Crippen LogP contribution in [0, 0.1) is 5.41 Å². The van der Waals surface area contributed by atoms with E-state index in [4.69, 9.17) is 4.74 Å². The first kappa shape index (κ1) is 17.2. The van der Waals surface area contributed by atoms with Crippen LogP contribution in [0.15, 0.2) is 24.3 Å². The van der Waals surface area contributed by atoms with Gasteiger partial charge in [-0.2, -0.15) is 0 Å². The maximum atomic E-state index is 6.09. The van der Waals surface area contributed by atoms with Gasteiger partial charge >= 0.3 is 0 Å². The van der Waals surface area contributed by atoms with E-state index in [2.05, 4.69) is 71.1 Å². The molecule has 0 aliphatic carbocycles. The highest BCUT2D eigenvalue weighted by Gasteiger charge is 2.33. The van der Waals surface area contributed by atoms with Crippen molar-refractivity contribution in [2.75, 3.05) is 13.2 Å². The van der Waals surface area contributed by atoms with E-state index in [1.54, 1.807) is 0 Å². The third-order valence-electron chi connectivity index (χ3n) is 3.64. The Labute approximate surface area is 124 Å². The maximum absolute atomic E-state index is 6.09. The first-order valence-electron chi connectivity index (χ1n) is 7.87. The number of hydrogen-bond acceptors (Lipinski definition) is 2. The number of rotatable bonds is 7. The predicted molar refractivity (Wildman–Crippen MR) is 87.1 cm³/mol. The molecule has 0 radical (unpaired) electrons. The Morgan fingerprint density at radius 2 is 1.85 bits per heavy atom. The van der Waals surface area contributed by atoms with Crippen LogP contribution in [0.2, 0.25) is 0 Å². The zero-order valence-electron chi connectivity index (χ0n) is 14.0. The Bertz CT molecular complexity index is 395. The minimum absolute atomic E-state index is 0.102. The standard InChI is InChI=1S/C18H31NO/c1-7-14-11-10-12-15(13-14)16(19-8-2)17(20-9-3)18(4,5)6/h10-13,16-17,19H,7-9H2,1-6H3. The number of nitrogens with one attached hydrogen (secondary N) is 1. The summed E-state index contributed by atoms with van der Waals surface area (Å²) in [6.45, 7) is 14.9. The van der Waals surface area contributed by atoms with Gasteiger partial charge in [0, 0.05) is 6.61 Å². The largest absolute Gasteiger partial charge is 0.376 e. The lowest BCUT2D eigenvalue weighted by atomic mass is 9.81. The van der Waals surface area contributed by atoms with Crippen LogP contribution in [-0.4, -0.2) is 19.3 Å². The van der Waals surface area contributed by atoms with Gasteiger partial charge in [-0.3, -0.25) is 0 Å². The molecule has 0 spiro atoms. The fourth-order valence-corrected chi connectivity index (χ4v) is 2.65. The number of benzene rings is 1. The van der Waals surface area contributed by atoms with E-state index in [1.165, 1.54) is 11.1 Å². The van der Waals surface area contributed by atoms with Crippen LogP contribution >= 0.6 is 0 Å². The predicted octanol–water partition coefficient (Wildman–Crippen LogP) is 4.35. The van der Waals surface area contributed by atoms with Crippen molar-refractivity contribution in [2.45, 2.75) is 60.1 Å². The van der Waals surface area contributed by atoms with Gasteiger partial charge in [0.25, 0.3) is 0 Å². The topological polar surface area (TPSA) is 21.3 Å². The summed E-state index contributed by atoms with van der Waals surface area (Å²) in [4.78, 5) is 0. The zero-order chi connectivity index (χ0) is 15.2. The Balaban J connectivity index is 3.12. The summed E-state index contributed by atoms with van der Waals surface area (Å²) in [6.07, 6.45) is 1.24. The Morgan fingerprint density at radius 1 is 1.15 bits per heavy atom. The van der Waals surface area contributed by atoms with Crippen molar-refractivity contribution in [3.8, 4) is 0 Å². The molecular weight excluding hydrogens is 246 g/mol. The highest BCUT2D eigenvalue weighted by atomic mass is 16.5. The lowest BCUT2D eigenvalue weighted by molar-refractivity contribution is -0.0363. The van der Waals surface area contributed by atoms with Crippen molar-refractivity contribution in [2.24, 2.45) is 5.41 Å². The van der Waals surface area contributed by atoms with Crippen LogP contribution in [-0.2, 0) is 11.2 Å². The molecule has 0 bridgehead atoms. The maximum Gasteiger partial charge on any atom is 0.0817 e. The summed E-state index contributed by atoms with van der Waals surface area (Å²) in [5.74, 6) is 0. The molecule has 2 nitrogen and oxygen atoms in total. The van der Waals surface area contributed by atoms with Crippen LogP contribution in [0.5, 0.6) is 0 Å². The fraction of sp³-hybridized carbons (Fsp3) is 0.667. The van der Waals surface area contributed by atoms with E-state index in [9.17, 15) is 0 Å². The highest BCUT2D eigenvalue weighted by Crippen LogP contribution is 2.33. The molecule has 1 rings (SSSR count). The van der Waals surface area contributed by atoms with Crippen molar-refractivity contribution in [3.63, 3.8) is 0 Å². The first-order chi connectivity index (χ1) is 9.43. The van der Waals surface area contributed by atoms with E-state index in [-0.39, 0.29) is 17.6 Å². The number of hydrogen-bond donors (Lipinski definition) is 1.